The fourth-order valence-corrected chi connectivity index (χ4v) is 1.27. The Balaban J connectivity index is 2.46. The van der Waals surface area contributed by atoms with Crippen LogP contribution in [0.15, 0.2) is 18.2 Å². The van der Waals surface area contributed by atoms with Crippen LogP contribution >= 0.6 is 0 Å². The lowest BCUT2D eigenvalue weighted by Crippen LogP contribution is -2.18. The van der Waals surface area contributed by atoms with Gasteiger partial charge in [0.25, 0.3) is 0 Å². The molecular formula is C11H13FN2O4. The second-order valence-electron chi connectivity index (χ2n) is 3.50. The van der Waals surface area contributed by atoms with Gasteiger partial charge in [0, 0.05) is 25.6 Å². The summed E-state index contributed by atoms with van der Waals surface area (Å²) in [4.78, 5) is 20.5. The van der Waals surface area contributed by atoms with Crippen LogP contribution in [0.2, 0.25) is 0 Å². The van der Waals surface area contributed by atoms with Crippen molar-refractivity contribution in [2.24, 2.45) is 0 Å². The number of benzene rings is 1. The number of nitro benzene ring substituents is 1. The van der Waals surface area contributed by atoms with Gasteiger partial charge in [0.05, 0.1) is 11.5 Å². The molecule has 0 aliphatic rings. The van der Waals surface area contributed by atoms with Crippen LogP contribution in [-0.2, 0) is 4.79 Å². The molecule has 0 saturated carbocycles. The maximum absolute atomic E-state index is 13.2. The molecule has 18 heavy (non-hydrogen) atoms. The Bertz CT molecular complexity index is 451. The molecule has 0 radical (unpaired) electrons. The zero-order valence-corrected chi connectivity index (χ0v) is 9.81. The zero-order chi connectivity index (χ0) is 13.5. The average molecular weight is 256 g/mol. The highest BCUT2D eigenvalue weighted by Gasteiger charge is 2.14. The number of carbonyl (C=O) groups excluding carboxylic acids is 1. The lowest BCUT2D eigenvalue weighted by Gasteiger charge is -2.05. The van der Waals surface area contributed by atoms with Gasteiger partial charge in [-0.05, 0) is 12.5 Å². The number of hydrogen-bond acceptors (Lipinski definition) is 4. The first-order valence-corrected chi connectivity index (χ1v) is 5.32. The Morgan fingerprint density at radius 2 is 2.28 bits per heavy atom. The molecule has 0 fully saturated rings. The van der Waals surface area contributed by atoms with E-state index >= 15 is 0 Å². The van der Waals surface area contributed by atoms with Gasteiger partial charge >= 0.3 is 5.69 Å². The first kappa shape index (κ1) is 13.9. The Morgan fingerprint density at radius 3 is 2.83 bits per heavy atom. The highest BCUT2D eigenvalue weighted by molar-refractivity contribution is 5.75. The predicted octanol–water partition coefficient (Wildman–Crippen LogP) is 1.64. The third kappa shape index (κ3) is 4.00. The van der Waals surface area contributed by atoms with Gasteiger partial charge in [-0.3, -0.25) is 14.9 Å². The smallest absolute Gasteiger partial charge is 0.305 e. The minimum absolute atomic E-state index is 0.103. The average Bonchev–Trinajstić information content (AvgIpc) is 2.34. The predicted molar refractivity (Wildman–Crippen MR) is 61.9 cm³/mol. The van der Waals surface area contributed by atoms with Gasteiger partial charge in [-0.1, -0.05) is 0 Å². The zero-order valence-electron chi connectivity index (χ0n) is 9.81. The van der Waals surface area contributed by atoms with Gasteiger partial charge in [0.1, 0.15) is 5.75 Å². The van der Waals surface area contributed by atoms with Crippen molar-refractivity contribution in [2.45, 2.75) is 12.8 Å². The lowest BCUT2D eigenvalue weighted by molar-refractivity contribution is -0.387. The molecule has 1 N–H and O–H groups in total. The van der Waals surface area contributed by atoms with E-state index in [0.717, 1.165) is 12.1 Å². The Kier molecular flexibility index (Phi) is 5.04. The fraction of sp³-hybridized carbons (Fsp3) is 0.364. The van der Waals surface area contributed by atoms with Gasteiger partial charge in [-0.25, -0.2) is 0 Å². The third-order valence-electron chi connectivity index (χ3n) is 2.21. The van der Waals surface area contributed by atoms with Crippen LogP contribution in [0.1, 0.15) is 12.8 Å². The Hall–Kier alpha value is -2.18. The van der Waals surface area contributed by atoms with E-state index in [0.29, 0.717) is 12.8 Å². The van der Waals surface area contributed by atoms with E-state index < -0.39 is 16.4 Å². The van der Waals surface area contributed by atoms with Crippen LogP contribution in [0.3, 0.4) is 0 Å². The van der Waals surface area contributed by atoms with Crippen LogP contribution in [0.25, 0.3) is 0 Å². The summed E-state index contributed by atoms with van der Waals surface area (Å²) < 4.78 is 18.4. The molecule has 0 aliphatic carbocycles. The minimum atomic E-state index is -0.941. The molecule has 0 heterocycles. The number of carbonyl (C=O) groups is 1. The molecule has 1 amide bonds. The van der Waals surface area contributed by atoms with Crippen molar-refractivity contribution < 1.29 is 18.8 Å². The minimum Gasteiger partial charge on any atom is -0.493 e. The van der Waals surface area contributed by atoms with Gasteiger partial charge < -0.3 is 10.1 Å². The van der Waals surface area contributed by atoms with E-state index in [1.165, 1.54) is 13.1 Å². The standard InChI is InChI=1S/C11H13FN2O4/c1-13-11(15)3-2-6-18-8-4-5-10(14(16)17)9(12)7-8/h4-5,7H,2-3,6H2,1H3,(H,13,15). The summed E-state index contributed by atoms with van der Waals surface area (Å²) >= 11 is 0. The fourth-order valence-electron chi connectivity index (χ4n) is 1.27. The highest BCUT2D eigenvalue weighted by Crippen LogP contribution is 2.22. The quantitative estimate of drug-likeness (QED) is 0.476. The van der Waals surface area contributed by atoms with Gasteiger partial charge in [0.2, 0.25) is 11.7 Å². The number of nitrogens with zero attached hydrogens (tertiary/aromatic N) is 1. The highest BCUT2D eigenvalue weighted by atomic mass is 19.1. The number of rotatable bonds is 6. The SMILES string of the molecule is CNC(=O)CCCOc1ccc([N+](=O)[O-])c(F)c1. The monoisotopic (exact) mass is 256 g/mol. The Morgan fingerprint density at radius 1 is 1.56 bits per heavy atom. The Labute approximate surface area is 103 Å². The van der Waals surface area contributed by atoms with E-state index in [1.54, 1.807) is 0 Å². The molecule has 0 aromatic heterocycles. The molecular weight excluding hydrogens is 243 g/mol. The van der Waals surface area contributed by atoms with Crippen molar-refractivity contribution in [3.8, 4) is 5.75 Å². The van der Waals surface area contributed by atoms with E-state index in [1.807, 2.05) is 0 Å². The summed E-state index contributed by atoms with van der Waals surface area (Å²) in [5.41, 5.74) is -0.590. The van der Waals surface area contributed by atoms with Gasteiger partial charge in [-0.2, -0.15) is 4.39 Å². The number of ether oxygens (including phenoxy) is 1. The number of nitrogens with one attached hydrogen (secondary N) is 1. The van der Waals surface area contributed by atoms with Crippen molar-refractivity contribution in [2.75, 3.05) is 13.7 Å². The van der Waals surface area contributed by atoms with Crippen molar-refractivity contribution in [1.82, 2.24) is 5.32 Å². The number of hydrogen-bond donors (Lipinski definition) is 1. The second kappa shape index (κ2) is 6.53. The molecule has 0 saturated heterocycles. The summed E-state index contributed by atoms with van der Waals surface area (Å²) in [5, 5.41) is 12.8. The molecule has 7 heteroatoms. The number of halogens is 1. The van der Waals surface area contributed by atoms with Crippen molar-refractivity contribution in [3.63, 3.8) is 0 Å². The molecule has 6 nitrogen and oxygen atoms in total. The van der Waals surface area contributed by atoms with Crippen LogP contribution in [-0.4, -0.2) is 24.5 Å². The summed E-state index contributed by atoms with van der Waals surface area (Å²) in [7, 11) is 1.54. The van der Waals surface area contributed by atoms with Crippen molar-refractivity contribution in [1.29, 1.82) is 0 Å². The molecule has 0 bridgehead atoms. The first-order valence-electron chi connectivity index (χ1n) is 5.32. The van der Waals surface area contributed by atoms with Crippen LogP contribution in [0.4, 0.5) is 10.1 Å². The van der Waals surface area contributed by atoms with Crippen molar-refractivity contribution in [3.05, 3.63) is 34.1 Å². The molecule has 0 aliphatic heterocycles. The molecule has 1 aromatic carbocycles. The van der Waals surface area contributed by atoms with Crippen molar-refractivity contribution >= 4 is 11.6 Å². The van der Waals surface area contributed by atoms with Crippen LogP contribution < -0.4 is 10.1 Å². The van der Waals surface area contributed by atoms with Gasteiger partial charge in [0.15, 0.2) is 0 Å². The first-order chi connectivity index (χ1) is 8.54. The van der Waals surface area contributed by atoms with E-state index in [4.69, 9.17) is 4.74 Å². The summed E-state index contributed by atoms with van der Waals surface area (Å²) in [6, 6.07) is 3.32. The summed E-state index contributed by atoms with van der Waals surface area (Å²) in [6.45, 7) is 0.241. The van der Waals surface area contributed by atoms with E-state index in [2.05, 4.69) is 5.32 Å². The maximum Gasteiger partial charge on any atom is 0.305 e. The van der Waals surface area contributed by atoms with E-state index in [9.17, 15) is 19.3 Å². The summed E-state index contributed by atoms with van der Waals surface area (Å²) in [6.07, 6.45) is 0.796. The number of amides is 1. The lowest BCUT2D eigenvalue weighted by atomic mass is 10.3. The largest absolute Gasteiger partial charge is 0.493 e. The normalized spacial score (nSPS) is 9.89. The van der Waals surface area contributed by atoms with Gasteiger partial charge in [-0.15, -0.1) is 0 Å². The maximum atomic E-state index is 13.2. The number of nitro groups is 1. The van der Waals surface area contributed by atoms with Crippen LogP contribution in [0, 0.1) is 15.9 Å². The van der Waals surface area contributed by atoms with Crippen LogP contribution in [0.5, 0.6) is 5.75 Å². The molecule has 0 unspecified atom stereocenters. The topological polar surface area (TPSA) is 81.5 Å². The summed E-state index contributed by atoms with van der Waals surface area (Å²) in [5.74, 6) is -0.840. The molecule has 98 valence electrons. The molecule has 1 rings (SSSR count). The second-order valence-corrected chi connectivity index (χ2v) is 3.50. The molecule has 0 spiro atoms. The third-order valence-corrected chi connectivity index (χ3v) is 2.21. The van der Waals surface area contributed by atoms with E-state index in [-0.39, 0.29) is 18.3 Å². The molecule has 0 atom stereocenters. The molecule has 1 aromatic rings.